The van der Waals surface area contributed by atoms with Gasteiger partial charge in [-0.05, 0) is 25.0 Å². The van der Waals surface area contributed by atoms with E-state index in [0.29, 0.717) is 24.2 Å². The molecule has 2 heterocycles. The van der Waals surface area contributed by atoms with Crippen LogP contribution in [0.2, 0.25) is 0 Å². The van der Waals surface area contributed by atoms with E-state index in [9.17, 15) is 9.59 Å². The first kappa shape index (κ1) is 17.8. The van der Waals surface area contributed by atoms with E-state index < -0.39 is 5.91 Å². The van der Waals surface area contributed by atoms with Crippen LogP contribution in [0, 0.1) is 0 Å². The third-order valence-electron chi connectivity index (χ3n) is 3.80. The number of amides is 2. The van der Waals surface area contributed by atoms with E-state index in [1.165, 1.54) is 0 Å². The molecule has 7 nitrogen and oxygen atoms in total. The molecule has 24 heavy (non-hydrogen) atoms. The van der Waals surface area contributed by atoms with Crippen molar-refractivity contribution in [2.75, 3.05) is 18.6 Å². The van der Waals surface area contributed by atoms with Crippen molar-refractivity contribution in [3.05, 3.63) is 24.0 Å². The monoisotopic (exact) mass is 332 g/mol. The molecule has 0 aliphatic heterocycles. The fourth-order valence-electron chi connectivity index (χ4n) is 2.54. The number of primary amides is 1. The topological polar surface area (TPSA) is 89.9 Å². The zero-order chi connectivity index (χ0) is 17.7. The highest BCUT2D eigenvalue weighted by Crippen LogP contribution is 2.28. The smallest absolute Gasteiger partial charge is 0.255 e. The van der Waals surface area contributed by atoms with Crippen molar-refractivity contribution in [1.82, 2.24) is 9.38 Å². The van der Waals surface area contributed by atoms with Gasteiger partial charge in [0.15, 0.2) is 18.0 Å². The SMILES string of the molecule is CCCCC(=O)N(C)c1c(CC)nc2c(OCC(N)=O)cccn12. The summed E-state index contributed by atoms with van der Waals surface area (Å²) in [5.41, 5.74) is 6.51. The van der Waals surface area contributed by atoms with Gasteiger partial charge in [0, 0.05) is 19.7 Å². The Morgan fingerprint density at radius 3 is 2.75 bits per heavy atom. The van der Waals surface area contributed by atoms with Crippen LogP contribution in [0.1, 0.15) is 38.8 Å². The van der Waals surface area contributed by atoms with Gasteiger partial charge in [0.25, 0.3) is 5.91 Å². The first-order valence-electron chi connectivity index (χ1n) is 8.17. The maximum Gasteiger partial charge on any atom is 0.255 e. The number of hydrogen-bond donors (Lipinski definition) is 1. The van der Waals surface area contributed by atoms with Crippen LogP contribution in [0.15, 0.2) is 18.3 Å². The lowest BCUT2D eigenvalue weighted by Gasteiger charge is -2.18. The molecule has 0 atom stereocenters. The van der Waals surface area contributed by atoms with Crippen molar-refractivity contribution < 1.29 is 14.3 Å². The Balaban J connectivity index is 2.44. The van der Waals surface area contributed by atoms with Gasteiger partial charge in [-0.25, -0.2) is 4.98 Å². The van der Waals surface area contributed by atoms with Gasteiger partial charge in [-0.2, -0.15) is 0 Å². The Bertz CT molecular complexity index is 739. The van der Waals surface area contributed by atoms with Crippen LogP contribution in [0.3, 0.4) is 0 Å². The van der Waals surface area contributed by atoms with E-state index in [1.54, 1.807) is 24.1 Å². The number of carbonyl (C=O) groups excluding carboxylic acids is 2. The molecule has 0 radical (unpaired) electrons. The van der Waals surface area contributed by atoms with Gasteiger partial charge in [-0.15, -0.1) is 0 Å². The normalized spacial score (nSPS) is 10.8. The Morgan fingerprint density at radius 2 is 2.12 bits per heavy atom. The minimum atomic E-state index is -0.550. The summed E-state index contributed by atoms with van der Waals surface area (Å²) in [6.45, 7) is 3.83. The highest BCUT2D eigenvalue weighted by Gasteiger charge is 2.21. The molecule has 0 saturated carbocycles. The predicted octanol–water partition coefficient (Wildman–Crippen LogP) is 1.91. The molecule has 0 bridgehead atoms. The Hall–Kier alpha value is -2.57. The van der Waals surface area contributed by atoms with Crippen LogP contribution in [-0.4, -0.2) is 34.9 Å². The number of pyridine rings is 1. The first-order chi connectivity index (χ1) is 11.5. The molecule has 0 spiro atoms. The number of carbonyl (C=O) groups is 2. The number of rotatable bonds is 8. The fraction of sp³-hybridized carbons (Fsp3) is 0.471. The largest absolute Gasteiger partial charge is 0.480 e. The minimum Gasteiger partial charge on any atom is -0.480 e. The van der Waals surface area contributed by atoms with E-state index in [4.69, 9.17) is 10.5 Å². The third-order valence-corrected chi connectivity index (χ3v) is 3.80. The zero-order valence-electron chi connectivity index (χ0n) is 14.4. The second kappa shape index (κ2) is 7.81. The van der Waals surface area contributed by atoms with E-state index in [2.05, 4.69) is 11.9 Å². The number of anilines is 1. The Morgan fingerprint density at radius 1 is 1.38 bits per heavy atom. The van der Waals surface area contributed by atoms with Crippen molar-refractivity contribution >= 4 is 23.3 Å². The number of unbranched alkanes of at least 4 members (excludes halogenated alkanes) is 1. The molecule has 0 saturated heterocycles. The first-order valence-corrected chi connectivity index (χ1v) is 8.17. The van der Waals surface area contributed by atoms with Crippen molar-refractivity contribution in [3.8, 4) is 5.75 Å². The van der Waals surface area contributed by atoms with E-state index in [0.717, 1.165) is 24.4 Å². The van der Waals surface area contributed by atoms with E-state index in [-0.39, 0.29) is 12.5 Å². The number of nitrogens with zero attached hydrogens (tertiary/aromatic N) is 3. The van der Waals surface area contributed by atoms with Crippen molar-refractivity contribution in [2.24, 2.45) is 5.73 Å². The number of nitrogens with two attached hydrogens (primary N) is 1. The van der Waals surface area contributed by atoms with Gasteiger partial charge >= 0.3 is 0 Å². The van der Waals surface area contributed by atoms with Gasteiger partial charge in [-0.1, -0.05) is 20.3 Å². The summed E-state index contributed by atoms with van der Waals surface area (Å²) in [6.07, 6.45) is 4.84. The maximum absolute atomic E-state index is 12.4. The molecular formula is C17H24N4O3. The maximum atomic E-state index is 12.4. The molecule has 2 aromatic rings. The van der Waals surface area contributed by atoms with Gasteiger partial charge in [0.1, 0.15) is 5.82 Å². The van der Waals surface area contributed by atoms with Gasteiger partial charge in [0.05, 0.1) is 5.69 Å². The fourth-order valence-corrected chi connectivity index (χ4v) is 2.54. The van der Waals surface area contributed by atoms with Crippen molar-refractivity contribution in [1.29, 1.82) is 0 Å². The number of aromatic nitrogens is 2. The molecule has 0 aliphatic carbocycles. The molecule has 0 unspecified atom stereocenters. The standard InChI is InChI=1S/C17H24N4O3/c1-4-6-9-15(23)20(3)17-12(5-2)19-16-13(24-11-14(18)22)8-7-10-21(16)17/h7-8,10H,4-6,9,11H2,1-3H3,(H2,18,22). The number of fused-ring (bicyclic) bond motifs is 1. The lowest BCUT2D eigenvalue weighted by Crippen LogP contribution is -2.28. The number of hydrogen-bond acceptors (Lipinski definition) is 4. The molecule has 0 aliphatic rings. The highest BCUT2D eigenvalue weighted by molar-refractivity contribution is 5.93. The molecule has 2 aromatic heterocycles. The second-order valence-corrected chi connectivity index (χ2v) is 5.61. The second-order valence-electron chi connectivity index (χ2n) is 5.61. The highest BCUT2D eigenvalue weighted by atomic mass is 16.5. The lowest BCUT2D eigenvalue weighted by molar-refractivity contribution is -0.120. The van der Waals surface area contributed by atoms with Crippen molar-refractivity contribution in [2.45, 2.75) is 39.5 Å². The Kier molecular flexibility index (Phi) is 5.78. The summed E-state index contributed by atoms with van der Waals surface area (Å²) in [5.74, 6) is 0.702. The van der Waals surface area contributed by atoms with Crippen LogP contribution in [-0.2, 0) is 16.0 Å². The third kappa shape index (κ3) is 3.67. The van der Waals surface area contributed by atoms with E-state index in [1.807, 2.05) is 17.5 Å². The quantitative estimate of drug-likeness (QED) is 0.799. The lowest BCUT2D eigenvalue weighted by atomic mass is 10.2. The average Bonchev–Trinajstić information content (AvgIpc) is 2.95. The minimum absolute atomic E-state index is 0.0526. The van der Waals surface area contributed by atoms with Crippen LogP contribution < -0.4 is 15.4 Å². The van der Waals surface area contributed by atoms with E-state index >= 15 is 0 Å². The Labute approximate surface area is 141 Å². The van der Waals surface area contributed by atoms with Gasteiger partial charge in [-0.3, -0.25) is 18.9 Å². The summed E-state index contributed by atoms with van der Waals surface area (Å²) in [5, 5.41) is 0. The van der Waals surface area contributed by atoms with Crippen LogP contribution >= 0.6 is 0 Å². The van der Waals surface area contributed by atoms with Crippen molar-refractivity contribution in [3.63, 3.8) is 0 Å². The summed E-state index contributed by atoms with van der Waals surface area (Å²) in [4.78, 5) is 29.6. The van der Waals surface area contributed by atoms with Gasteiger partial charge in [0.2, 0.25) is 5.91 Å². The number of ether oxygens (including phenoxy) is 1. The molecule has 7 heteroatoms. The molecule has 130 valence electrons. The van der Waals surface area contributed by atoms with Crippen LogP contribution in [0.5, 0.6) is 5.75 Å². The number of imidazole rings is 1. The zero-order valence-corrected chi connectivity index (χ0v) is 14.4. The number of aryl methyl sites for hydroxylation is 1. The summed E-state index contributed by atoms with van der Waals surface area (Å²) < 4.78 is 7.26. The van der Waals surface area contributed by atoms with Crippen LogP contribution in [0.25, 0.3) is 5.65 Å². The summed E-state index contributed by atoms with van der Waals surface area (Å²) >= 11 is 0. The molecule has 2 N–H and O–H groups in total. The average molecular weight is 332 g/mol. The molecule has 0 aromatic carbocycles. The summed E-state index contributed by atoms with van der Waals surface area (Å²) in [7, 11) is 1.76. The van der Waals surface area contributed by atoms with Crippen LogP contribution in [0.4, 0.5) is 5.82 Å². The molecular weight excluding hydrogens is 308 g/mol. The molecule has 2 rings (SSSR count). The van der Waals surface area contributed by atoms with Gasteiger partial charge < -0.3 is 10.5 Å². The molecule has 2 amide bonds. The predicted molar refractivity (Wildman–Crippen MR) is 92.2 cm³/mol. The summed E-state index contributed by atoms with van der Waals surface area (Å²) in [6, 6.07) is 3.52. The molecule has 0 fully saturated rings.